The first-order chi connectivity index (χ1) is 15.4. The summed E-state index contributed by atoms with van der Waals surface area (Å²) >= 11 is 0. The second-order valence-electron chi connectivity index (χ2n) is 8.93. The van der Waals surface area contributed by atoms with Crippen LogP contribution in [0.2, 0.25) is 0 Å². The Balaban J connectivity index is 2.08. The van der Waals surface area contributed by atoms with Crippen LogP contribution >= 0.6 is 0 Å². The van der Waals surface area contributed by atoms with Crippen LogP contribution in [0, 0.1) is 5.92 Å². The molecule has 3 rings (SSSR count). The third kappa shape index (κ3) is 5.31. The van der Waals surface area contributed by atoms with Crippen LogP contribution in [0.4, 0.5) is 0 Å². The molecule has 1 aliphatic heterocycles. The fourth-order valence-corrected chi connectivity index (χ4v) is 3.84. The molecule has 4 N–H and O–H groups in total. The van der Waals surface area contributed by atoms with E-state index in [4.69, 9.17) is 9.47 Å². The first-order valence-electron chi connectivity index (χ1n) is 10.6. The van der Waals surface area contributed by atoms with Gasteiger partial charge in [0.05, 0.1) is 19.1 Å². The van der Waals surface area contributed by atoms with E-state index in [1.807, 2.05) is 6.92 Å². The number of hydrogen-bond donors (Lipinski definition) is 4. The van der Waals surface area contributed by atoms with Gasteiger partial charge < -0.3 is 29.9 Å². The Morgan fingerprint density at radius 3 is 2.58 bits per heavy atom. The lowest BCUT2D eigenvalue weighted by atomic mass is 9.87. The molecule has 2 aromatic rings. The number of aliphatic hydroxyl groups is 1. The number of Topliss-reactive ketones (excluding diaryl/α,β-unsaturated/α-hetero) is 1. The molecular formula is C26H30O7. The predicted octanol–water partition coefficient (Wildman–Crippen LogP) is 4.58. The topological polar surface area (TPSA) is 116 Å². The minimum absolute atomic E-state index is 0.0111. The number of phenols is 3. The molecule has 0 aromatic heterocycles. The molecule has 0 bridgehead atoms. The van der Waals surface area contributed by atoms with Crippen LogP contribution in [0.1, 0.15) is 54.8 Å². The molecule has 2 aromatic carbocycles. The van der Waals surface area contributed by atoms with Gasteiger partial charge >= 0.3 is 0 Å². The Morgan fingerprint density at radius 1 is 1.27 bits per heavy atom. The molecule has 1 heterocycles. The minimum Gasteiger partial charge on any atom is -0.508 e. The van der Waals surface area contributed by atoms with E-state index in [1.54, 1.807) is 32.1 Å². The van der Waals surface area contributed by atoms with Crippen LogP contribution in [-0.4, -0.2) is 38.9 Å². The number of fused-ring (bicyclic) bond motifs is 1. The highest BCUT2D eigenvalue weighted by atomic mass is 16.5. The summed E-state index contributed by atoms with van der Waals surface area (Å²) in [6, 6.07) is 5.66. The average molecular weight is 455 g/mol. The van der Waals surface area contributed by atoms with E-state index >= 15 is 0 Å². The molecule has 0 aliphatic carbocycles. The van der Waals surface area contributed by atoms with E-state index in [2.05, 4.69) is 6.58 Å². The number of methoxy groups -OCH3 is 1. The maximum absolute atomic E-state index is 13.0. The van der Waals surface area contributed by atoms with Crippen molar-refractivity contribution in [3.05, 3.63) is 65.3 Å². The second kappa shape index (κ2) is 9.19. The molecule has 176 valence electrons. The normalized spacial score (nSPS) is 16.9. The van der Waals surface area contributed by atoms with Crippen molar-refractivity contribution >= 4 is 5.78 Å². The molecule has 0 amide bonds. The van der Waals surface area contributed by atoms with Gasteiger partial charge in [0.25, 0.3) is 0 Å². The number of ether oxygens (including phenoxy) is 2. The maximum Gasteiger partial charge on any atom is 0.174 e. The average Bonchev–Trinajstić information content (AvgIpc) is 2.71. The zero-order chi connectivity index (χ0) is 24.5. The van der Waals surface area contributed by atoms with Gasteiger partial charge in [-0.2, -0.15) is 0 Å². The summed E-state index contributed by atoms with van der Waals surface area (Å²) in [5.41, 5.74) is 0.685. The lowest BCUT2D eigenvalue weighted by Gasteiger charge is -2.30. The van der Waals surface area contributed by atoms with E-state index in [9.17, 15) is 25.2 Å². The quantitative estimate of drug-likeness (QED) is 0.453. The lowest BCUT2D eigenvalue weighted by Crippen LogP contribution is -2.23. The van der Waals surface area contributed by atoms with Crippen molar-refractivity contribution in [1.82, 2.24) is 0 Å². The van der Waals surface area contributed by atoms with Crippen LogP contribution in [0.25, 0.3) is 0 Å². The first-order valence-corrected chi connectivity index (χ1v) is 10.6. The molecule has 7 heteroatoms. The summed E-state index contributed by atoms with van der Waals surface area (Å²) in [4.78, 5) is 13.0. The fourth-order valence-electron chi connectivity index (χ4n) is 3.84. The number of hydrogen-bond acceptors (Lipinski definition) is 7. The van der Waals surface area contributed by atoms with E-state index in [0.29, 0.717) is 16.9 Å². The molecule has 2 unspecified atom stereocenters. The van der Waals surface area contributed by atoms with Gasteiger partial charge in [0.15, 0.2) is 5.78 Å². The second-order valence-corrected chi connectivity index (χ2v) is 8.93. The summed E-state index contributed by atoms with van der Waals surface area (Å²) in [5.74, 6) is -0.697. The fraction of sp³-hybridized carbons (Fsp3) is 0.346. The number of carbonyl (C=O) groups excluding carboxylic acids is 1. The number of rotatable bonds is 7. The first kappa shape index (κ1) is 24.2. The monoisotopic (exact) mass is 454 g/mol. The Labute approximate surface area is 193 Å². The summed E-state index contributed by atoms with van der Waals surface area (Å²) in [5, 5.41) is 40.9. The summed E-state index contributed by atoms with van der Waals surface area (Å²) < 4.78 is 11.5. The van der Waals surface area contributed by atoms with Crippen LogP contribution in [-0.2, 0) is 6.42 Å². The van der Waals surface area contributed by atoms with E-state index in [1.165, 1.54) is 19.2 Å². The highest BCUT2D eigenvalue weighted by Crippen LogP contribution is 2.47. The molecule has 0 saturated heterocycles. The summed E-state index contributed by atoms with van der Waals surface area (Å²) in [6.07, 6.45) is 2.89. The zero-order valence-electron chi connectivity index (χ0n) is 19.3. The van der Waals surface area contributed by atoms with Gasteiger partial charge in [0.1, 0.15) is 40.4 Å². The van der Waals surface area contributed by atoms with E-state index in [-0.39, 0.29) is 53.1 Å². The van der Waals surface area contributed by atoms with Crippen molar-refractivity contribution < 1.29 is 34.7 Å². The number of benzene rings is 2. The summed E-state index contributed by atoms with van der Waals surface area (Å²) in [6.45, 7) is 9.14. The highest BCUT2D eigenvalue weighted by molar-refractivity contribution is 6.03. The van der Waals surface area contributed by atoms with Crippen LogP contribution in [0.15, 0.2) is 48.6 Å². The standard InChI is InChI=1S/C26H30O7/c1-14(2)15(8-9-26(3,4)31)10-18-19(28)12-20(29)24-21(30)13-23(33-25(18)24)17-7-6-16(27)11-22(17)32-5/h6-9,11-12,15,23,27-29,31H,1,10,13H2,2-5H3/b9-8+. The molecular weight excluding hydrogens is 424 g/mol. The largest absolute Gasteiger partial charge is 0.508 e. The van der Waals surface area contributed by atoms with Gasteiger partial charge in [-0.15, -0.1) is 0 Å². The zero-order valence-corrected chi connectivity index (χ0v) is 19.3. The third-order valence-corrected chi connectivity index (χ3v) is 5.61. The van der Waals surface area contributed by atoms with Gasteiger partial charge in [0.2, 0.25) is 0 Å². The minimum atomic E-state index is -1.03. The van der Waals surface area contributed by atoms with Crippen molar-refractivity contribution in [2.45, 2.75) is 45.3 Å². The number of allylic oxidation sites excluding steroid dienone is 2. The molecule has 2 atom stereocenters. The lowest BCUT2D eigenvalue weighted by molar-refractivity contribution is 0.0838. The molecule has 0 spiro atoms. The van der Waals surface area contributed by atoms with E-state index in [0.717, 1.165) is 11.6 Å². The van der Waals surface area contributed by atoms with Gasteiger partial charge in [-0.1, -0.05) is 24.3 Å². The van der Waals surface area contributed by atoms with Crippen molar-refractivity contribution in [2.24, 2.45) is 5.92 Å². The maximum atomic E-state index is 13.0. The predicted molar refractivity (Wildman–Crippen MR) is 124 cm³/mol. The van der Waals surface area contributed by atoms with Gasteiger partial charge in [-0.3, -0.25) is 4.79 Å². The SMILES string of the molecule is C=C(C)C(/C=C/C(C)(C)O)Cc1c(O)cc(O)c2c1OC(c1ccc(O)cc1OC)CC2=O. The van der Waals surface area contributed by atoms with Gasteiger partial charge in [-0.25, -0.2) is 0 Å². The van der Waals surface area contributed by atoms with Crippen LogP contribution in [0.5, 0.6) is 28.7 Å². The van der Waals surface area contributed by atoms with Gasteiger partial charge in [0, 0.05) is 29.2 Å². The Bertz CT molecular complexity index is 1110. The molecule has 7 nitrogen and oxygen atoms in total. The highest BCUT2D eigenvalue weighted by Gasteiger charge is 2.35. The Hall–Kier alpha value is -3.45. The number of phenolic OH excluding ortho intramolecular Hbond substituents is 3. The Morgan fingerprint density at radius 2 is 1.97 bits per heavy atom. The van der Waals surface area contributed by atoms with E-state index < -0.39 is 11.7 Å². The number of carbonyl (C=O) groups is 1. The summed E-state index contributed by atoms with van der Waals surface area (Å²) in [7, 11) is 1.45. The third-order valence-electron chi connectivity index (χ3n) is 5.61. The molecule has 0 radical (unpaired) electrons. The van der Waals surface area contributed by atoms with Crippen molar-refractivity contribution in [3.63, 3.8) is 0 Å². The number of aromatic hydroxyl groups is 3. The van der Waals surface area contributed by atoms with Gasteiger partial charge in [-0.05, 0) is 39.3 Å². The Kier molecular flexibility index (Phi) is 6.74. The molecule has 1 aliphatic rings. The number of ketones is 1. The van der Waals surface area contributed by atoms with Crippen molar-refractivity contribution in [3.8, 4) is 28.7 Å². The molecule has 33 heavy (non-hydrogen) atoms. The van der Waals surface area contributed by atoms with Crippen LogP contribution in [0.3, 0.4) is 0 Å². The molecule has 0 fully saturated rings. The van der Waals surface area contributed by atoms with Crippen LogP contribution < -0.4 is 9.47 Å². The van der Waals surface area contributed by atoms with Crippen molar-refractivity contribution in [1.29, 1.82) is 0 Å². The molecule has 0 saturated carbocycles. The smallest absolute Gasteiger partial charge is 0.174 e. The van der Waals surface area contributed by atoms with Crippen molar-refractivity contribution in [2.75, 3.05) is 7.11 Å².